The first-order valence-electron chi connectivity index (χ1n) is 12.8. The lowest BCUT2D eigenvalue weighted by Gasteiger charge is -2.32. The van der Waals surface area contributed by atoms with Gasteiger partial charge >= 0.3 is 0 Å². The minimum Gasteiger partial charge on any atom is -0.494 e. The molecule has 1 aliphatic rings. The van der Waals surface area contributed by atoms with E-state index < -0.39 is 0 Å². The molecule has 0 spiro atoms. The zero-order chi connectivity index (χ0) is 26.3. The number of nitrogens with zero attached hydrogens (tertiary/aromatic N) is 5. The van der Waals surface area contributed by atoms with Crippen molar-refractivity contribution in [2.75, 3.05) is 31.1 Å². The normalized spacial score (nSPS) is 15.3. The van der Waals surface area contributed by atoms with Crippen LogP contribution in [-0.4, -0.2) is 52.1 Å². The first-order valence-corrected chi connectivity index (χ1v) is 12.8. The van der Waals surface area contributed by atoms with E-state index in [2.05, 4.69) is 25.5 Å². The molecule has 1 atom stereocenters. The molecule has 4 aromatic rings. The van der Waals surface area contributed by atoms with Crippen LogP contribution in [0.3, 0.4) is 0 Å². The fraction of sp³-hybridized carbons (Fsp3) is 0.321. The Morgan fingerprint density at radius 3 is 2.66 bits per heavy atom. The van der Waals surface area contributed by atoms with Crippen molar-refractivity contribution in [1.82, 2.24) is 25.3 Å². The molecule has 1 amide bonds. The summed E-state index contributed by atoms with van der Waals surface area (Å²) >= 11 is 0. The van der Waals surface area contributed by atoms with Crippen LogP contribution in [0.2, 0.25) is 0 Å². The highest BCUT2D eigenvalue weighted by Gasteiger charge is 2.26. The van der Waals surface area contributed by atoms with E-state index in [0.717, 1.165) is 36.5 Å². The molecule has 1 saturated heterocycles. The lowest BCUT2D eigenvalue weighted by Crippen LogP contribution is -2.44. The van der Waals surface area contributed by atoms with Gasteiger partial charge in [0.05, 0.1) is 31.0 Å². The number of rotatable bonds is 9. The molecule has 4 heterocycles. The maximum absolute atomic E-state index is 12.9. The molecule has 10 heteroatoms. The highest BCUT2D eigenvalue weighted by molar-refractivity contribution is 5.79. The summed E-state index contributed by atoms with van der Waals surface area (Å²) in [6.45, 7) is 4.51. The second kappa shape index (κ2) is 11.7. The second-order valence-corrected chi connectivity index (χ2v) is 9.07. The van der Waals surface area contributed by atoms with E-state index in [-0.39, 0.29) is 23.9 Å². The molecular formula is C28H30N6O4. The summed E-state index contributed by atoms with van der Waals surface area (Å²) in [5.74, 6) is 1.98. The van der Waals surface area contributed by atoms with Crippen LogP contribution in [0.5, 0.6) is 5.75 Å². The summed E-state index contributed by atoms with van der Waals surface area (Å²) in [5.41, 5.74) is 2.02. The molecule has 0 aliphatic carbocycles. The minimum absolute atomic E-state index is 0.0365. The van der Waals surface area contributed by atoms with E-state index in [0.29, 0.717) is 36.8 Å². The summed E-state index contributed by atoms with van der Waals surface area (Å²) in [7, 11) is 0. The van der Waals surface area contributed by atoms with Gasteiger partial charge in [-0.05, 0) is 74.4 Å². The average molecular weight is 515 g/mol. The molecule has 0 bridgehead atoms. The van der Waals surface area contributed by atoms with E-state index in [4.69, 9.17) is 9.15 Å². The molecule has 5 rings (SSSR count). The van der Waals surface area contributed by atoms with Crippen molar-refractivity contribution < 1.29 is 13.9 Å². The Bertz CT molecular complexity index is 1400. The summed E-state index contributed by atoms with van der Waals surface area (Å²) in [5, 5.41) is 16.1. The number of carbonyl (C=O) groups excluding carboxylic acids is 1. The van der Waals surface area contributed by atoms with E-state index in [1.54, 1.807) is 12.3 Å². The molecule has 0 radical (unpaired) electrons. The van der Waals surface area contributed by atoms with Gasteiger partial charge in [0.1, 0.15) is 11.4 Å². The number of anilines is 1. The largest absolute Gasteiger partial charge is 0.494 e. The standard InChI is InChI=1S/C28H30N6O4/c1-2-37-22-9-7-20(8-10-22)23-12-14-27(35)34(32-23)17-15-29-28(36)21-5-3-16-33(19-21)26-13-11-24(30-31-26)25-6-4-18-38-25/h4,6-14,18,21H,2-3,5,15-17,19H2,1H3,(H,29,36). The van der Waals surface area contributed by atoms with Crippen molar-refractivity contribution >= 4 is 11.7 Å². The van der Waals surface area contributed by atoms with E-state index >= 15 is 0 Å². The van der Waals surface area contributed by atoms with Crippen molar-refractivity contribution in [2.45, 2.75) is 26.3 Å². The smallest absolute Gasteiger partial charge is 0.266 e. The zero-order valence-electron chi connectivity index (χ0n) is 21.2. The highest BCUT2D eigenvalue weighted by Crippen LogP contribution is 2.24. The molecule has 0 saturated carbocycles. The van der Waals surface area contributed by atoms with E-state index in [1.807, 2.05) is 55.5 Å². The van der Waals surface area contributed by atoms with Crippen LogP contribution in [0.4, 0.5) is 5.82 Å². The minimum atomic E-state index is -0.214. The number of hydrogen-bond acceptors (Lipinski definition) is 8. The Kier molecular flexibility index (Phi) is 7.77. The number of benzene rings is 1. The van der Waals surface area contributed by atoms with Gasteiger partial charge in [0.15, 0.2) is 11.6 Å². The van der Waals surface area contributed by atoms with Gasteiger partial charge in [0.25, 0.3) is 5.56 Å². The number of furan rings is 1. The molecule has 1 fully saturated rings. The van der Waals surface area contributed by atoms with Gasteiger partial charge in [-0.25, -0.2) is 4.68 Å². The number of piperidine rings is 1. The quantitative estimate of drug-likeness (QED) is 0.361. The number of amides is 1. The summed E-state index contributed by atoms with van der Waals surface area (Å²) in [6.07, 6.45) is 3.28. The third-order valence-electron chi connectivity index (χ3n) is 6.49. The van der Waals surface area contributed by atoms with Crippen molar-refractivity contribution in [3.8, 4) is 28.5 Å². The van der Waals surface area contributed by atoms with Gasteiger partial charge in [0, 0.05) is 31.3 Å². The van der Waals surface area contributed by atoms with Crippen LogP contribution in [0.15, 0.2) is 76.1 Å². The molecule has 1 aromatic carbocycles. The molecule has 1 aliphatic heterocycles. The maximum atomic E-state index is 12.9. The number of nitrogens with one attached hydrogen (secondary N) is 1. The molecule has 3 aromatic heterocycles. The van der Waals surface area contributed by atoms with Crippen LogP contribution in [-0.2, 0) is 11.3 Å². The third kappa shape index (κ3) is 5.91. The predicted octanol–water partition coefficient (Wildman–Crippen LogP) is 3.39. The van der Waals surface area contributed by atoms with Gasteiger partial charge in [0.2, 0.25) is 5.91 Å². The van der Waals surface area contributed by atoms with Crippen LogP contribution in [0.1, 0.15) is 19.8 Å². The number of carbonyl (C=O) groups is 1. The summed E-state index contributed by atoms with van der Waals surface area (Å²) in [6, 6.07) is 18.2. The fourth-order valence-corrected chi connectivity index (χ4v) is 4.53. The summed E-state index contributed by atoms with van der Waals surface area (Å²) < 4.78 is 12.2. The van der Waals surface area contributed by atoms with E-state index in [9.17, 15) is 9.59 Å². The van der Waals surface area contributed by atoms with Crippen LogP contribution < -0.4 is 20.5 Å². The third-order valence-corrected chi connectivity index (χ3v) is 6.49. The van der Waals surface area contributed by atoms with Crippen molar-refractivity contribution in [1.29, 1.82) is 0 Å². The van der Waals surface area contributed by atoms with E-state index in [1.165, 1.54) is 10.7 Å². The first kappa shape index (κ1) is 25.2. The molecule has 1 N–H and O–H groups in total. The lowest BCUT2D eigenvalue weighted by atomic mass is 9.97. The average Bonchev–Trinajstić information content (AvgIpc) is 3.50. The van der Waals surface area contributed by atoms with Gasteiger partial charge < -0.3 is 19.4 Å². The zero-order valence-corrected chi connectivity index (χ0v) is 21.2. The highest BCUT2D eigenvalue weighted by atomic mass is 16.5. The topological polar surface area (TPSA) is 115 Å². The first-order chi connectivity index (χ1) is 18.6. The Morgan fingerprint density at radius 1 is 1.08 bits per heavy atom. The number of aromatic nitrogens is 4. The molecule has 10 nitrogen and oxygen atoms in total. The van der Waals surface area contributed by atoms with Crippen molar-refractivity contribution in [3.05, 3.63) is 77.3 Å². The van der Waals surface area contributed by atoms with Gasteiger partial charge in [-0.15, -0.1) is 10.2 Å². The second-order valence-electron chi connectivity index (χ2n) is 9.07. The summed E-state index contributed by atoms with van der Waals surface area (Å²) in [4.78, 5) is 27.4. The fourth-order valence-electron chi connectivity index (χ4n) is 4.53. The van der Waals surface area contributed by atoms with Crippen molar-refractivity contribution in [2.24, 2.45) is 5.92 Å². The predicted molar refractivity (Wildman–Crippen MR) is 143 cm³/mol. The molecule has 196 valence electrons. The monoisotopic (exact) mass is 514 g/mol. The van der Waals surface area contributed by atoms with Gasteiger partial charge in [-0.3, -0.25) is 9.59 Å². The van der Waals surface area contributed by atoms with Crippen LogP contribution >= 0.6 is 0 Å². The van der Waals surface area contributed by atoms with Crippen molar-refractivity contribution in [3.63, 3.8) is 0 Å². The lowest BCUT2D eigenvalue weighted by molar-refractivity contribution is -0.125. The van der Waals surface area contributed by atoms with Crippen LogP contribution in [0.25, 0.3) is 22.7 Å². The SMILES string of the molecule is CCOc1ccc(-c2ccc(=O)n(CCNC(=O)C3CCCN(c4ccc(-c5ccco5)nn4)C3)n2)cc1. The number of hydrogen-bond donors (Lipinski definition) is 1. The maximum Gasteiger partial charge on any atom is 0.266 e. The Morgan fingerprint density at radius 2 is 1.92 bits per heavy atom. The Balaban J connectivity index is 1.16. The number of ether oxygens (including phenoxy) is 1. The Hall–Kier alpha value is -4.47. The van der Waals surface area contributed by atoms with Crippen LogP contribution in [0, 0.1) is 5.92 Å². The van der Waals surface area contributed by atoms with Gasteiger partial charge in [-0.1, -0.05) is 0 Å². The molecule has 38 heavy (non-hydrogen) atoms. The molecular weight excluding hydrogens is 484 g/mol. The molecule has 1 unspecified atom stereocenters. The Labute approximate surface area is 220 Å². The van der Waals surface area contributed by atoms with Gasteiger partial charge in [-0.2, -0.15) is 5.10 Å².